The molecule has 41 heavy (non-hydrogen) atoms. The van der Waals surface area contributed by atoms with Gasteiger partial charge in [-0.2, -0.15) is 0 Å². The van der Waals surface area contributed by atoms with Crippen molar-refractivity contribution in [2.24, 2.45) is 0 Å². The topological polar surface area (TPSA) is 77.5 Å². The van der Waals surface area contributed by atoms with E-state index < -0.39 is 5.97 Å². The lowest BCUT2D eigenvalue weighted by atomic mass is 10.0. The number of hydrogen-bond donors (Lipinski definition) is 1. The molecule has 5 rings (SSSR count). The average Bonchev–Trinajstić information content (AvgIpc) is 3.27. The molecule has 0 saturated heterocycles. The molecule has 8 heteroatoms. The van der Waals surface area contributed by atoms with Crippen LogP contribution in [0.4, 0.5) is 5.00 Å². The van der Waals surface area contributed by atoms with Crippen LogP contribution in [0.3, 0.4) is 0 Å². The minimum atomic E-state index is -0.512. The molecule has 0 bridgehead atoms. The number of nitrogens with zero attached hydrogens (tertiary/aromatic N) is 1. The van der Waals surface area contributed by atoms with Gasteiger partial charge in [0.25, 0.3) is 5.91 Å². The summed E-state index contributed by atoms with van der Waals surface area (Å²) in [6.45, 7) is 7.79. The largest absolute Gasteiger partial charge is 0.490 e. The Morgan fingerprint density at radius 1 is 1.00 bits per heavy atom. The van der Waals surface area contributed by atoms with Gasteiger partial charge < -0.3 is 14.8 Å². The molecule has 3 aromatic carbocycles. The van der Waals surface area contributed by atoms with Gasteiger partial charge in [-0.25, -0.2) is 9.78 Å². The Balaban J connectivity index is 1.62. The highest BCUT2D eigenvalue weighted by Crippen LogP contribution is 2.41. The number of amides is 1. The molecule has 6 nitrogen and oxygen atoms in total. The van der Waals surface area contributed by atoms with Gasteiger partial charge in [-0.15, -0.1) is 11.3 Å². The highest BCUT2D eigenvalue weighted by Gasteiger charge is 2.27. The lowest BCUT2D eigenvalue weighted by Gasteiger charge is -2.15. The van der Waals surface area contributed by atoms with Crippen molar-refractivity contribution in [1.82, 2.24) is 4.98 Å². The molecule has 5 aromatic rings. The highest BCUT2D eigenvalue weighted by molar-refractivity contribution is 7.17. The molecule has 0 atom stereocenters. The molecule has 0 radical (unpaired) electrons. The summed E-state index contributed by atoms with van der Waals surface area (Å²) in [5.74, 6) is -0.194. The van der Waals surface area contributed by atoms with E-state index in [2.05, 4.69) is 5.32 Å². The minimum Gasteiger partial charge on any atom is -0.490 e. The van der Waals surface area contributed by atoms with Crippen molar-refractivity contribution in [2.75, 3.05) is 11.9 Å². The van der Waals surface area contributed by atoms with Crippen molar-refractivity contribution in [3.63, 3.8) is 0 Å². The first-order chi connectivity index (χ1) is 19.8. The number of benzene rings is 3. The molecule has 1 N–H and O–H groups in total. The SMILES string of the molecule is CCOC(=O)c1c(NC(=O)c2cc(-c3ccccc3OC(C)C)nc3ccccc23)sc(C)c1-c1cccc(Cl)c1. The van der Waals surface area contributed by atoms with Crippen LogP contribution in [0.15, 0.2) is 78.9 Å². The smallest absolute Gasteiger partial charge is 0.341 e. The van der Waals surface area contributed by atoms with Crippen LogP contribution in [0.5, 0.6) is 5.75 Å². The van der Waals surface area contributed by atoms with Gasteiger partial charge in [-0.3, -0.25) is 4.79 Å². The Kier molecular flexibility index (Phi) is 8.38. The number of carbonyl (C=O) groups is 2. The first kappa shape index (κ1) is 28.3. The second-order valence-electron chi connectivity index (χ2n) is 9.66. The Bertz CT molecular complexity index is 1760. The number of rotatable bonds is 8. The van der Waals surface area contributed by atoms with E-state index in [0.717, 1.165) is 16.0 Å². The molecular weight excluding hydrogens is 556 g/mol. The van der Waals surface area contributed by atoms with Crippen LogP contribution in [0.2, 0.25) is 5.02 Å². The number of fused-ring (bicyclic) bond motifs is 1. The third-order valence-corrected chi connectivity index (χ3v) is 7.65. The quantitative estimate of drug-likeness (QED) is 0.184. The average molecular weight is 585 g/mol. The standard InChI is InChI=1S/C33H29ClN2O4S/c1-5-39-33(38)30-29(21-11-10-12-22(34)17-21)20(4)41-32(30)36-31(37)25-18-27(35-26-15-8-6-13-23(25)26)24-14-7-9-16-28(24)40-19(2)3/h6-19H,5H2,1-4H3,(H,36,37). The Hall–Kier alpha value is -4.20. The summed E-state index contributed by atoms with van der Waals surface area (Å²) in [5, 5.41) is 4.66. The number of halogens is 1. The maximum absolute atomic E-state index is 14.0. The van der Waals surface area contributed by atoms with Gasteiger partial charge in [-0.05, 0) is 69.7 Å². The number of nitrogens with one attached hydrogen (secondary N) is 1. The number of esters is 1. The number of hydrogen-bond acceptors (Lipinski definition) is 6. The fraction of sp³-hybridized carbons (Fsp3) is 0.182. The number of aromatic nitrogens is 1. The first-order valence-electron chi connectivity index (χ1n) is 13.3. The van der Waals surface area contributed by atoms with Gasteiger partial charge in [0.2, 0.25) is 0 Å². The summed E-state index contributed by atoms with van der Waals surface area (Å²) in [4.78, 5) is 32.9. The second kappa shape index (κ2) is 12.1. The van der Waals surface area contributed by atoms with Gasteiger partial charge in [-0.1, -0.05) is 54.1 Å². The van der Waals surface area contributed by atoms with E-state index in [9.17, 15) is 9.59 Å². The third kappa shape index (κ3) is 5.97. The Morgan fingerprint density at radius 3 is 2.51 bits per heavy atom. The van der Waals surface area contributed by atoms with Gasteiger partial charge in [0, 0.05) is 26.4 Å². The minimum absolute atomic E-state index is 0.0311. The molecule has 1 amide bonds. The van der Waals surface area contributed by atoms with E-state index in [-0.39, 0.29) is 18.6 Å². The number of thiophene rings is 1. The predicted octanol–water partition coefficient (Wildman–Crippen LogP) is 8.81. The van der Waals surface area contributed by atoms with Crippen molar-refractivity contribution in [3.8, 4) is 28.1 Å². The first-order valence-corrected chi connectivity index (χ1v) is 14.5. The highest BCUT2D eigenvalue weighted by atomic mass is 35.5. The zero-order valence-electron chi connectivity index (χ0n) is 23.2. The molecule has 0 unspecified atom stereocenters. The number of anilines is 1. The van der Waals surface area contributed by atoms with Crippen LogP contribution in [0.25, 0.3) is 33.3 Å². The number of ether oxygens (including phenoxy) is 2. The van der Waals surface area contributed by atoms with Crippen LogP contribution >= 0.6 is 22.9 Å². The molecule has 0 aliphatic carbocycles. The lowest BCUT2D eigenvalue weighted by Crippen LogP contribution is -2.15. The van der Waals surface area contributed by atoms with Crippen molar-refractivity contribution >= 4 is 50.7 Å². The summed E-state index contributed by atoms with van der Waals surface area (Å²) in [6, 6.07) is 24.2. The fourth-order valence-corrected chi connectivity index (χ4v) is 5.98. The molecule has 0 fully saturated rings. The van der Waals surface area contributed by atoms with Crippen LogP contribution < -0.4 is 10.1 Å². The van der Waals surface area contributed by atoms with E-state index >= 15 is 0 Å². The van der Waals surface area contributed by atoms with Gasteiger partial charge in [0.1, 0.15) is 16.3 Å². The van der Waals surface area contributed by atoms with Crippen molar-refractivity contribution in [2.45, 2.75) is 33.8 Å². The number of carbonyl (C=O) groups excluding carboxylic acids is 2. The zero-order valence-corrected chi connectivity index (χ0v) is 24.7. The number of para-hydroxylation sites is 2. The third-order valence-electron chi connectivity index (χ3n) is 6.39. The molecule has 0 aliphatic heterocycles. The molecule has 0 aliphatic rings. The van der Waals surface area contributed by atoms with Gasteiger partial charge in [0.15, 0.2) is 0 Å². The van der Waals surface area contributed by atoms with Crippen LogP contribution in [-0.2, 0) is 4.74 Å². The van der Waals surface area contributed by atoms with E-state index in [1.165, 1.54) is 11.3 Å². The van der Waals surface area contributed by atoms with Crippen molar-refractivity contribution in [1.29, 1.82) is 0 Å². The molecular formula is C33H29ClN2O4S. The van der Waals surface area contributed by atoms with Crippen LogP contribution in [0, 0.1) is 6.92 Å². The summed E-state index contributed by atoms with van der Waals surface area (Å²) < 4.78 is 11.5. The van der Waals surface area contributed by atoms with E-state index in [1.807, 2.05) is 81.4 Å². The number of aryl methyl sites for hydroxylation is 1. The number of pyridine rings is 1. The van der Waals surface area contributed by atoms with Crippen molar-refractivity contribution < 1.29 is 19.1 Å². The molecule has 2 heterocycles. The van der Waals surface area contributed by atoms with E-state index in [1.54, 1.807) is 25.1 Å². The fourth-order valence-electron chi connectivity index (χ4n) is 4.73. The van der Waals surface area contributed by atoms with Crippen LogP contribution in [0.1, 0.15) is 46.4 Å². The maximum atomic E-state index is 14.0. The zero-order chi connectivity index (χ0) is 29.1. The second-order valence-corrected chi connectivity index (χ2v) is 11.3. The summed E-state index contributed by atoms with van der Waals surface area (Å²) in [5.41, 5.74) is 4.25. The Labute approximate surface area is 247 Å². The normalized spacial score (nSPS) is 11.1. The monoisotopic (exact) mass is 584 g/mol. The van der Waals surface area contributed by atoms with Gasteiger partial charge in [0.05, 0.1) is 29.5 Å². The maximum Gasteiger partial charge on any atom is 0.341 e. The van der Waals surface area contributed by atoms with E-state index in [4.69, 9.17) is 26.1 Å². The lowest BCUT2D eigenvalue weighted by molar-refractivity contribution is 0.0529. The summed E-state index contributed by atoms with van der Waals surface area (Å²) >= 11 is 7.60. The molecule has 0 spiro atoms. The van der Waals surface area contributed by atoms with Gasteiger partial charge >= 0.3 is 5.97 Å². The molecule has 2 aromatic heterocycles. The predicted molar refractivity (Wildman–Crippen MR) is 166 cm³/mol. The summed E-state index contributed by atoms with van der Waals surface area (Å²) in [6.07, 6.45) is -0.0311. The van der Waals surface area contributed by atoms with Crippen molar-refractivity contribution in [3.05, 3.63) is 99.9 Å². The molecule has 0 saturated carbocycles. The Morgan fingerprint density at radius 2 is 1.76 bits per heavy atom. The van der Waals surface area contributed by atoms with Crippen LogP contribution in [-0.4, -0.2) is 29.6 Å². The molecule has 208 valence electrons. The summed E-state index contributed by atoms with van der Waals surface area (Å²) in [7, 11) is 0. The van der Waals surface area contributed by atoms with E-state index in [0.29, 0.717) is 49.1 Å².